The molecule has 1 aromatic heterocycles. The van der Waals surface area contributed by atoms with Crippen LogP contribution in [0.15, 0.2) is 12.3 Å². The molecule has 0 aromatic carbocycles. The van der Waals surface area contributed by atoms with E-state index < -0.39 is 5.41 Å². The number of likely N-dealkylation sites (tertiary alicyclic amines) is 1. The molecule has 7 heteroatoms. The molecule has 0 saturated carbocycles. The number of amides is 2. The predicted molar refractivity (Wildman–Crippen MR) is 81.8 cm³/mol. The van der Waals surface area contributed by atoms with Crippen LogP contribution in [0.5, 0.6) is 0 Å². The largest absolute Gasteiger partial charge is 0.381 e. The molecule has 3 rings (SSSR count). The number of hydrogen-bond donors (Lipinski definition) is 1. The Morgan fingerprint density at radius 2 is 2.27 bits per heavy atom. The molecule has 2 saturated heterocycles. The maximum absolute atomic E-state index is 12.8. The van der Waals surface area contributed by atoms with Crippen molar-refractivity contribution in [3.63, 3.8) is 0 Å². The van der Waals surface area contributed by atoms with Gasteiger partial charge in [0.05, 0.1) is 17.0 Å². The average Bonchev–Trinajstić information content (AvgIpc) is 3.06. The number of carbonyl (C=O) groups is 2. The Morgan fingerprint density at radius 3 is 2.91 bits per heavy atom. The first-order valence-corrected chi connectivity index (χ1v) is 7.77. The summed E-state index contributed by atoms with van der Waals surface area (Å²) in [5.41, 5.74) is 0.00840. The third kappa shape index (κ3) is 2.30. The highest BCUT2D eigenvalue weighted by molar-refractivity contribution is 6.31. The van der Waals surface area contributed by atoms with Gasteiger partial charge in [0.2, 0.25) is 5.91 Å². The molecule has 1 N–H and O–H groups in total. The highest BCUT2D eigenvalue weighted by Gasteiger charge is 2.54. The van der Waals surface area contributed by atoms with Gasteiger partial charge in [-0.15, -0.1) is 0 Å². The number of rotatable bonds is 2. The normalized spacial score (nSPS) is 27.6. The number of aryl methyl sites for hydroxylation is 1. The molecular weight excluding hydrogens is 306 g/mol. The highest BCUT2D eigenvalue weighted by atomic mass is 35.5. The zero-order valence-electron chi connectivity index (χ0n) is 12.8. The summed E-state index contributed by atoms with van der Waals surface area (Å²) in [6, 6.07) is 1.66. The lowest BCUT2D eigenvalue weighted by Crippen LogP contribution is -2.49. The van der Waals surface area contributed by atoms with E-state index >= 15 is 0 Å². The number of ether oxygens (including phenoxy) is 1. The van der Waals surface area contributed by atoms with Gasteiger partial charge in [-0.25, -0.2) is 0 Å². The topological polar surface area (TPSA) is 63.6 Å². The van der Waals surface area contributed by atoms with Crippen LogP contribution >= 0.6 is 11.6 Å². The van der Waals surface area contributed by atoms with E-state index in [1.165, 1.54) is 0 Å². The third-order valence-corrected chi connectivity index (χ3v) is 5.07. The van der Waals surface area contributed by atoms with Crippen molar-refractivity contribution < 1.29 is 14.3 Å². The monoisotopic (exact) mass is 325 g/mol. The van der Waals surface area contributed by atoms with Crippen LogP contribution in [-0.4, -0.2) is 54.6 Å². The molecule has 2 aliphatic heterocycles. The van der Waals surface area contributed by atoms with Crippen molar-refractivity contribution >= 4 is 23.4 Å². The van der Waals surface area contributed by atoms with Gasteiger partial charge in [-0.2, -0.15) is 0 Å². The van der Waals surface area contributed by atoms with Crippen molar-refractivity contribution in [2.24, 2.45) is 18.4 Å². The number of nitrogens with one attached hydrogen (secondary N) is 1. The van der Waals surface area contributed by atoms with Gasteiger partial charge in [-0.1, -0.05) is 11.6 Å². The molecule has 0 bridgehead atoms. The van der Waals surface area contributed by atoms with E-state index in [4.69, 9.17) is 16.3 Å². The van der Waals surface area contributed by atoms with Gasteiger partial charge in [0, 0.05) is 45.9 Å². The molecule has 0 radical (unpaired) electrons. The quantitative estimate of drug-likeness (QED) is 0.879. The predicted octanol–water partition coefficient (Wildman–Crippen LogP) is 0.903. The zero-order valence-corrected chi connectivity index (χ0v) is 13.5. The van der Waals surface area contributed by atoms with E-state index in [2.05, 4.69) is 5.32 Å². The summed E-state index contributed by atoms with van der Waals surface area (Å²) in [6.45, 7) is 2.05. The number of fused-ring (bicyclic) bond motifs is 1. The summed E-state index contributed by atoms with van der Waals surface area (Å²) in [5.74, 6) is -0.0472. The Balaban J connectivity index is 1.87. The van der Waals surface area contributed by atoms with Crippen molar-refractivity contribution in [3.8, 4) is 0 Å². The van der Waals surface area contributed by atoms with Gasteiger partial charge in [0.15, 0.2) is 0 Å². The molecule has 2 amide bonds. The van der Waals surface area contributed by atoms with Crippen molar-refractivity contribution in [2.75, 3.05) is 33.4 Å². The van der Waals surface area contributed by atoms with Gasteiger partial charge in [0.1, 0.15) is 5.69 Å². The van der Waals surface area contributed by atoms with Gasteiger partial charge >= 0.3 is 0 Å². The van der Waals surface area contributed by atoms with Crippen LogP contribution in [0.4, 0.5) is 0 Å². The second-order valence-corrected chi connectivity index (χ2v) is 6.53. The van der Waals surface area contributed by atoms with Crippen LogP contribution in [-0.2, 0) is 16.6 Å². The Kier molecular flexibility index (Phi) is 3.91. The summed E-state index contributed by atoms with van der Waals surface area (Å²) < 4.78 is 7.24. The molecule has 0 unspecified atom stereocenters. The van der Waals surface area contributed by atoms with Crippen LogP contribution < -0.4 is 5.32 Å². The smallest absolute Gasteiger partial charge is 0.270 e. The number of carbonyl (C=O) groups excluding carboxylic acids is 2. The number of aromatic nitrogens is 1. The first-order valence-electron chi connectivity index (χ1n) is 7.39. The standard InChI is InChI=1S/C15H20ClN3O3/c1-17-14(21)15-3-4-22-8-10(15)6-19(9-15)13(20)12-5-11(16)7-18(12)2/h5,7,10H,3-4,6,8-9H2,1-2H3,(H,17,21)/t10-,15+/m1/s1. The van der Waals surface area contributed by atoms with E-state index in [9.17, 15) is 9.59 Å². The summed E-state index contributed by atoms with van der Waals surface area (Å²) in [5, 5.41) is 3.29. The minimum Gasteiger partial charge on any atom is -0.381 e. The Morgan fingerprint density at radius 1 is 1.50 bits per heavy atom. The average molecular weight is 326 g/mol. The van der Waals surface area contributed by atoms with Crippen molar-refractivity contribution in [2.45, 2.75) is 6.42 Å². The highest BCUT2D eigenvalue weighted by Crippen LogP contribution is 2.42. The molecule has 6 nitrogen and oxygen atoms in total. The maximum atomic E-state index is 12.8. The SMILES string of the molecule is CNC(=O)[C@]12CCOC[C@H]1CN(C(=O)c1cc(Cl)cn1C)C2. The summed E-state index contributed by atoms with van der Waals surface area (Å²) in [4.78, 5) is 26.9. The molecule has 120 valence electrons. The second-order valence-electron chi connectivity index (χ2n) is 6.10. The van der Waals surface area contributed by atoms with Crippen molar-refractivity contribution in [3.05, 3.63) is 23.0 Å². The van der Waals surface area contributed by atoms with Crippen LogP contribution in [0.1, 0.15) is 16.9 Å². The Bertz CT molecular complexity index is 615. The molecule has 2 fully saturated rings. The van der Waals surface area contributed by atoms with E-state index in [0.717, 1.165) is 0 Å². The first kappa shape index (κ1) is 15.4. The third-order valence-electron chi connectivity index (χ3n) is 4.86. The number of halogens is 1. The van der Waals surface area contributed by atoms with Gasteiger partial charge < -0.3 is 19.5 Å². The minimum atomic E-state index is -0.530. The number of nitrogens with zero attached hydrogens (tertiary/aromatic N) is 2. The molecule has 0 aliphatic carbocycles. The Labute approximate surface area is 134 Å². The van der Waals surface area contributed by atoms with E-state index in [1.807, 2.05) is 0 Å². The van der Waals surface area contributed by atoms with Gasteiger partial charge in [-0.3, -0.25) is 9.59 Å². The van der Waals surface area contributed by atoms with Crippen LogP contribution in [0.25, 0.3) is 0 Å². The van der Waals surface area contributed by atoms with Crippen molar-refractivity contribution in [1.29, 1.82) is 0 Å². The molecule has 22 heavy (non-hydrogen) atoms. The van der Waals surface area contributed by atoms with Gasteiger partial charge in [-0.05, 0) is 12.5 Å². The summed E-state index contributed by atoms with van der Waals surface area (Å²) in [7, 11) is 3.44. The molecule has 0 spiro atoms. The maximum Gasteiger partial charge on any atom is 0.270 e. The van der Waals surface area contributed by atoms with E-state index in [1.54, 1.807) is 35.8 Å². The first-order chi connectivity index (χ1) is 10.5. The van der Waals surface area contributed by atoms with Crippen molar-refractivity contribution in [1.82, 2.24) is 14.8 Å². The molecule has 2 aliphatic rings. The fourth-order valence-corrected chi connectivity index (χ4v) is 3.87. The van der Waals surface area contributed by atoms with Crippen LogP contribution in [0.2, 0.25) is 5.02 Å². The summed E-state index contributed by atoms with van der Waals surface area (Å²) in [6.07, 6.45) is 2.35. The Hall–Kier alpha value is -1.53. The van der Waals surface area contributed by atoms with Crippen LogP contribution in [0.3, 0.4) is 0 Å². The van der Waals surface area contributed by atoms with E-state index in [0.29, 0.717) is 43.4 Å². The fraction of sp³-hybridized carbons (Fsp3) is 0.600. The molecular formula is C15H20ClN3O3. The number of hydrogen-bond acceptors (Lipinski definition) is 3. The van der Waals surface area contributed by atoms with Gasteiger partial charge in [0.25, 0.3) is 5.91 Å². The lowest BCUT2D eigenvalue weighted by Gasteiger charge is -2.36. The molecule has 1 aromatic rings. The second kappa shape index (κ2) is 5.59. The summed E-state index contributed by atoms with van der Waals surface area (Å²) >= 11 is 5.96. The zero-order chi connectivity index (χ0) is 15.9. The molecule has 2 atom stereocenters. The lowest BCUT2D eigenvalue weighted by molar-refractivity contribution is -0.138. The minimum absolute atomic E-state index is 0.000938. The van der Waals surface area contributed by atoms with Crippen LogP contribution in [0, 0.1) is 11.3 Å². The van der Waals surface area contributed by atoms with E-state index in [-0.39, 0.29) is 17.7 Å². The fourth-order valence-electron chi connectivity index (χ4n) is 3.62. The lowest BCUT2D eigenvalue weighted by atomic mass is 9.73. The molecule has 3 heterocycles.